The molecule has 0 saturated heterocycles. The predicted octanol–water partition coefficient (Wildman–Crippen LogP) is 3.00. The Morgan fingerprint density at radius 2 is 1.54 bits per heavy atom. The second kappa shape index (κ2) is 6.92. The molecule has 0 aliphatic heterocycles. The lowest BCUT2D eigenvalue weighted by Gasteiger charge is -2.18. The Balaban J connectivity index is 1.63. The van der Waals surface area contributed by atoms with Crippen LogP contribution in [-0.2, 0) is 5.41 Å². The molecule has 1 heterocycles. The van der Waals surface area contributed by atoms with Crippen molar-refractivity contribution in [2.45, 2.75) is 18.3 Å². The van der Waals surface area contributed by atoms with Crippen molar-refractivity contribution in [1.82, 2.24) is 14.8 Å². The van der Waals surface area contributed by atoms with Crippen LogP contribution >= 0.6 is 0 Å². The molecule has 1 aliphatic rings. The van der Waals surface area contributed by atoms with Crippen molar-refractivity contribution >= 4 is 5.84 Å². The van der Waals surface area contributed by atoms with E-state index in [2.05, 4.69) is 10.1 Å². The third kappa shape index (κ3) is 3.05. The van der Waals surface area contributed by atoms with E-state index < -0.39 is 5.41 Å². The van der Waals surface area contributed by atoms with Gasteiger partial charge in [-0.1, -0.05) is 12.1 Å². The van der Waals surface area contributed by atoms with E-state index in [1.807, 2.05) is 48.5 Å². The Kier molecular flexibility index (Phi) is 4.43. The summed E-state index contributed by atoms with van der Waals surface area (Å²) < 4.78 is 11.7. The van der Waals surface area contributed by atoms with E-state index in [-0.39, 0.29) is 11.5 Å². The maximum atomic E-state index is 8.69. The number of benzene rings is 2. The van der Waals surface area contributed by atoms with Gasteiger partial charge in [-0.3, -0.25) is 10.8 Å². The molecule has 0 spiro atoms. The fourth-order valence-electron chi connectivity index (χ4n) is 3.32. The van der Waals surface area contributed by atoms with Gasteiger partial charge in [-0.2, -0.15) is 9.78 Å². The third-order valence-electron chi connectivity index (χ3n) is 5.17. The summed E-state index contributed by atoms with van der Waals surface area (Å²) >= 11 is 0. The fraction of sp³-hybridized carbons (Fsp3) is 0.238. The first-order valence-corrected chi connectivity index (χ1v) is 8.97. The van der Waals surface area contributed by atoms with Crippen molar-refractivity contribution in [3.63, 3.8) is 0 Å². The molecule has 142 valence electrons. The Hall–Kier alpha value is -3.48. The molecule has 0 atom stereocenters. The number of hydrogen-bond donors (Lipinski definition) is 2. The van der Waals surface area contributed by atoms with Crippen LogP contribution in [0, 0.1) is 10.8 Å². The van der Waals surface area contributed by atoms with Crippen LogP contribution in [0.4, 0.5) is 0 Å². The van der Waals surface area contributed by atoms with Gasteiger partial charge in [0.25, 0.3) is 0 Å². The standard InChI is InChI=1S/C21H21N5O2/c1-27-16-7-3-14(4-8-16)18-13-24-26(20(23)25-18)19(22)21(11-12-21)15-5-9-17(28-2)10-6-15/h3-10,13,22-23H,11-12H2,1-2H3. The Labute approximate surface area is 162 Å². The quantitative estimate of drug-likeness (QED) is 0.529. The number of ether oxygens (including phenoxy) is 2. The highest BCUT2D eigenvalue weighted by Crippen LogP contribution is 2.49. The van der Waals surface area contributed by atoms with Gasteiger partial charge in [0.1, 0.15) is 17.3 Å². The van der Waals surface area contributed by atoms with E-state index in [1.54, 1.807) is 20.4 Å². The summed E-state index contributed by atoms with van der Waals surface area (Å²) in [4.78, 5) is 4.35. The molecule has 3 aromatic rings. The number of rotatable bonds is 5. The van der Waals surface area contributed by atoms with Crippen LogP contribution in [0.5, 0.6) is 11.5 Å². The normalized spacial score (nSPS) is 14.4. The molecular formula is C21H21N5O2. The van der Waals surface area contributed by atoms with E-state index in [0.29, 0.717) is 5.69 Å². The molecule has 0 amide bonds. The van der Waals surface area contributed by atoms with Gasteiger partial charge in [0.05, 0.1) is 31.5 Å². The Morgan fingerprint density at radius 3 is 2.04 bits per heavy atom. The summed E-state index contributed by atoms with van der Waals surface area (Å²) in [5.41, 5.74) is 2.00. The average molecular weight is 375 g/mol. The van der Waals surface area contributed by atoms with Gasteiger partial charge in [0.2, 0.25) is 5.62 Å². The van der Waals surface area contributed by atoms with Crippen molar-refractivity contribution in [3.8, 4) is 22.8 Å². The second-order valence-corrected chi connectivity index (χ2v) is 6.76. The van der Waals surface area contributed by atoms with Gasteiger partial charge in [0, 0.05) is 5.56 Å². The monoisotopic (exact) mass is 375 g/mol. The summed E-state index contributed by atoms with van der Waals surface area (Å²) in [6.07, 6.45) is 3.30. The lowest BCUT2D eigenvalue weighted by Crippen LogP contribution is -2.38. The van der Waals surface area contributed by atoms with Crippen LogP contribution in [-0.4, -0.2) is 34.8 Å². The van der Waals surface area contributed by atoms with Gasteiger partial charge in [-0.25, -0.2) is 4.98 Å². The van der Waals surface area contributed by atoms with Gasteiger partial charge in [-0.05, 0) is 54.8 Å². The molecule has 28 heavy (non-hydrogen) atoms. The smallest absolute Gasteiger partial charge is 0.245 e. The zero-order valence-electron chi connectivity index (χ0n) is 15.8. The van der Waals surface area contributed by atoms with Crippen LogP contribution < -0.4 is 15.1 Å². The van der Waals surface area contributed by atoms with Gasteiger partial charge in [-0.15, -0.1) is 0 Å². The number of methoxy groups -OCH3 is 2. The Bertz CT molecular complexity index is 1070. The molecule has 0 radical (unpaired) electrons. The lowest BCUT2D eigenvalue weighted by atomic mass is 9.94. The van der Waals surface area contributed by atoms with Crippen LogP contribution in [0.25, 0.3) is 11.3 Å². The van der Waals surface area contributed by atoms with Crippen molar-refractivity contribution in [2.24, 2.45) is 0 Å². The number of nitrogens with zero attached hydrogens (tertiary/aromatic N) is 3. The third-order valence-corrected chi connectivity index (χ3v) is 5.17. The molecule has 7 heteroatoms. The molecule has 2 aromatic carbocycles. The van der Waals surface area contributed by atoms with Gasteiger partial charge >= 0.3 is 0 Å². The molecule has 1 saturated carbocycles. The SMILES string of the molecule is COc1ccc(-c2cnn(C(=N)C3(c4ccc(OC)cc4)CC3)c(=N)n2)cc1. The summed E-state index contributed by atoms with van der Waals surface area (Å²) in [6, 6.07) is 15.2. The summed E-state index contributed by atoms with van der Waals surface area (Å²) in [5.74, 6) is 1.81. The summed E-state index contributed by atoms with van der Waals surface area (Å²) in [6.45, 7) is 0. The molecule has 2 N–H and O–H groups in total. The first-order chi connectivity index (χ1) is 13.6. The van der Waals surface area contributed by atoms with E-state index in [1.165, 1.54) is 4.68 Å². The topological polar surface area (TPSA) is 96.9 Å². The van der Waals surface area contributed by atoms with Crippen molar-refractivity contribution in [1.29, 1.82) is 10.8 Å². The minimum absolute atomic E-state index is 0.0573. The van der Waals surface area contributed by atoms with Gasteiger partial charge in [0.15, 0.2) is 0 Å². The van der Waals surface area contributed by atoms with Crippen LogP contribution in [0.1, 0.15) is 18.4 Å². The van der Waals surface area contributed by atoms with E-state index in [0.717, 1.165) is 35.5 Å². The van der Waals surface area contributed by atoms with Gasteiger partial charge < -0.3 is 9.47 Å². The summed E-state index contributed by atoms with van der Waals surface area (Å²) in [7, 11) is 3.25. The van der Waals surface area contributed by atoms with E-state index >= 15 is 0 Å². The molecule has 1 aliphatic carbocycles. The van der Waals surface area contributed by atoms with Crippen molar-refractivity contribution in [3.05, 3.63) is 65.9 Å². The van der Waals surface area contributed by atoms with E-state index in [4.69, 9.17) is 20.3 Å². The lowest BCUT2D eigenvalue weighted by molar-refractivity contribution is 0.414. The molecule has 1 fully saturated rings. The predicted molar refractivity (Wildman–Crippen MR) is 105 cm³/mol. The number of nitrogens with one attached hydrogen (secondary N) is 2. The summed E-state index contributed by atoms with van der Waals surface area (Å²) in [5, 5.41) is 21.3. The molecule has 1 aromatic heterocycles. The molecule has 4 rings (SSSR count). The zero-order valence-corrected chi connectivity index (χ0v) is 15.8. The molecule has 0 unspecified atom stereocenters. The van der Waals surface area contributed by atoms with E-state index in [9.17, 15) is 0 Å². The van der Waals surface area contributed by atoms with Crippen LogP contribution in [0.2, 0.25) is 0 Å². The van der Waals surface area contributed by atoms with Crippen molar-refractivity contribution < 1.29 is 9.47 Å². The largest absolute Gasteiger partial charge is 0.497 e. The minimum atomic E-state index is -0.414. The average Bonchev–Trinajstić information content (AvgIpc) is 3.55. The van der Waals surface area contributed by atoms with Crippen LogP contribution in [0.15, 0.2) is 54.7 Å². The highest BCUT2D eigenvalue weighted by atomic mass is 16.5. The number of hydrogen-bond acceptors (Lipinski definition) is 6. The first-order valence-electron chi connectivity index (χ1n) is 8.97. The fourth-order valence-corrected chi connectivity index (χ4v) is 3.32. The highest BCUT2D eigenvalue weighted by Gasteiger charge is 2.50. The van der Waals surface area contributed by atoms with Crippen LogP contribution in [0.3, 0.4) is 0 Å². The maximum Gasteiger partial charge on any atom is 0.245 e. The van der Waals surface area contributed by atoms with Crippen molar-refractivity contribution in [2.75, 3.05) is 14.2 Å². The molecule has 0 bridgehead atoms. The first kappa shape index (κ1) is 17.9. The molecular weight excluding hydrogens is 354 g/mol. The number of aromatic nitrogens is 3. The highest BCUT2D eigenvalue weighted by molar-refractivity contribution is 5.94. The molecule has 7 nitrogen and oxygen atoms in total. The zero-order chi connectivity index (χ0) is 19.7. The maximum absolute atomic E-state index is 8.69. The minimum Gasteiger partial charge on any atom is -0.497 e. The second-order valence-electron chi connectivity index (χ2n) is 6.76. The Morgan fingerprint density at radius 1 is 0.964 bits per heavy atom.